The molecule has 1 atom stereocenters. The first-order valence-corrected chi connectivity index (χ1v) is 8.62. The van der Waals surface area contributed by atoms with Crippen LogP contribution in [0.4, 0.5) is 0 Å². The Bertz CT molecular complexity index is 456. The van der Waals surface area contributed by atoms with Crippen LogP contribution >= 0.6 is 0 Å². The summed E-state index contributed by atoms with van der Waals surface area (Å²) in [4.78, 5) is 35.7. The van der Waals surface area contributed by atoms with Gasteiger partial charge in [-0.25, -0.2) is 0 Å². The van der Waals surface area contributed by atoms with Gasteiger partial charge in [-0.2, -0.15) is 0 Å². The van der Waals surface area contributed by atoms with Gasteiger partial charge in [0.05, 0.1) is 18.9 Å². The summed E-state index contributed by atoms with van der Waals surface area (Å²) in [6.45, 7) is 3.48. The predicted octanol–water partition coefficient (Wildman–Crippen LogP) is -3.99. The molecular weight excluding hydrogens is 367 g/mol. The number of aliphatic hydroxyl groups is 1. The Hall–Kier alpha value is -0.970. The molecule has 9 nitrogen and oxygen atoms in total. The summed E-state index contributed by atoms with van der Waals surface area (Å²) >= 11 is 0. The van der Waals surface area contributed by atoms with E-state index in [-0.39, 0.29) is 75.0 Å². The van der Waals surface area contributed by atoms with Gasteiger partial charge in [0.2, 0.25) is 0 Å². The molecule has 1 unspecified atom stereocenters. The van der Waals surface area contributed by atoms with Crippen LogP contribution in [0.15, 0.2) is 12.2 Å². The topological polar surface area (TPSA) is 141 Å². The first-order chi connectivity index (χ1) is 12.2. The number of nitrogens with zero attached hydrogens (tertiary/aromatic N) is 2. The smallest absolute Gasteiger partial charge is 0.550 e. The van der Waals surface area contributed by atoms with Gasteiger partial charge in [-0.1, -0.05) is 12.2 Å². The zero-order valence-corrected chi connectivity index (χ0v) is 18.2. The van der Waals surface area contributed by atoms with Crippen molar-refractivity contribution in [1.82, 2.24) is 9.80 Å². The number of allylic oxidation sites excluding steroid dienone is 1. The molecule has 0 aromatic rings. The summed E-state index contributed by atoms with van der Waals surface area (Å²) in [5.41, 5.74) is 0. The number of carbonyl (C=O) groups excluding carboxylic acids is 1. The van der Waals surface area contributed by atoms with Crippen LogP contribution in [0.3, 0.4) is 0 Å². The fourth-order valence-corrected chi connectivity index (χ4v) is 2.34. The van der Waals surface area contributed by atoms with Crippen molar-refractivity contribution in [3.8, 4) is 0 Å². The zero-order valence-electron chi connectivity index (χ0n) is 16.2. The molecule has 0 bridgehead atoms. The summed E-state index contributed by atoms with van der Waals surface area (Å²) in [6, 6.07) is 0. The van der Waals surface area contributed by atoms with Gasteiger partial charge in [0.25, 0.3) is 0 Å². The van der Waals surface area contributed by atoms with E-state index in [1.165, 1.54) is 0 Å². The second-order valence-electron chi connectivity index (χ2n) is 6.01. The van der Waals surface area contributed by atoms with Crippen LogP contribution in [-0.4, -0.2) is 88.4 Å². The molecule has 150 valence electrons. The SMILES string of the molecule is C/C=C/CC(O)CN(CCC(=O)O)CCN(CCC(=O)[O-])CCC(=O)O.[Na+]. The summed E-state index contributed by atoms with van der Waals surface area (Å²) in [5, 5.41) is 38.3. The van der Waals surface area contributed by atoms with Crippen molar-refractivity contribution in [3.05, 3.63) is 12.2 Å². The molecule has 0 aliphatic heterocycles. The van der Waals surface area contributed by atoms with Crippen molar-refractivity contribution < 1.29 is 64.4 Å². The van der Waals surface area contributed by atoms with Crippen molar-refractivity contribution in [1.29, 1.82) is 0 Å². The maximum atomic E-state index is 10.8. The first kappa shape index (κ1) is 28.2. The van der Waals surface area contributed by atoms with E-state index in [2.05, 4.69) is 0 Å². The molecule has 0 aromatic carbocycles. The molecule has 0 aliphatic carbocycles. The van der Waals surface area contributed by atoms with Crippen molar-refractivity contribution in [2.75, 3.05) is 39.3 Å². The van der Waals surface area contributed by atoms with Crippen molar-refractivity contribution in [2.24, 2.45) is 0 Å². The van der Waals surface area contributed by atoms with Crippen LogP contribution in [0.5, 0.6) is 0 Å². The average Bonchev–Trinajstić information content (AvgIpc) is 2.56. The maximum Gasteiger partial charge on any atom is 1.00 e. The summed E-state index contributed by atoms with van der Waals surface area (Å²) < 4.78 is 0. The van der Waals surface area contributed by atoms with Gasteiger partial charge in [-0.3, -0.25) is 14.5 Å². The Kier molecular flexibility index (Phi) is 17.9. The zero-order chi connectivity index (χ0) is 19.9. The minimum Gasteiger partial charge on any atom is -0.550 e. The molecule has 0 saturated carbocycles. The van der Waals surface area contributed by atoms with Crippen LogP contribution in [0.25, 0.3) is 0 Å². The summed E-state index contributed by atoms with van der Waals surface area (Å²) in [6.07, 6.45) is 3.04. The van der Waals surface area contributed by atoms with Gasteiger partial charge in [0.15, 0.2) is 0 Å². The van der Waals surface area contributed by atoms with Crippen LogP contribution < -0.4 is 34.7 Å². The Morgan fingerprint density at radius 3 is 1.89 bits per heavy atom. The van der Waals surface area contributed by atoms with Crippen molar-refractivity contribution in [2.45, 2.75) is 38.7 Å². The number of hydrogen-bond acceptors (Lipinski definition) is 7. The largest absolute Gasteiger partial charge is 1.00 e. The molecule has 0 saturated heterocycles. The second-order valence-corrected chi connectivity index (χ2v) is 6.01. The molecule has 0 aliphatic rings. The van der Waals surface area contributed by atoms with Crippen molar-refractivity contribution >= 4 is 17.9 Å². The summed E-state index contributed by atoms with van der Waals surface area (Å²) in [7, 11) is 0. The fraction of sp³-hybridized carbons (Fsp3) is 0.706. The number of aliphatic hydroxyl groups excluding tert-OH is 1. The van der Waals surface area contributed by atoms with Gasteiger partial charge < -0.3 is 30.1 Å². The molecule has 0 rings (SSSR count). The molecule has 10 heteroatoms. The molecule has 3 N–H and O–H groups in total. The molecule has 0 aromatic heterocycles. The predicted molar refractivity (Wildman–Crippen MR) is 92.4 cm³/mol. The average molecular weight is 396 g/mol. The quantitative estimate of drug-likeness (QED) is 0.176. The Balaban J connectivity index is 0. The van der Waals surface area contributed by atoms with E-state index in [0.717, 1.165) is 0 Å². The van der Waals surface area contributed by atoms with Crippen LogP contribution in [0.2, 0.25) is 0 Å². The van der Waals surface area contributed by atoms with E-state index >= 15 is 0 Å². The van der Waals surface area contributed by atoms with Gasteiger partial charge in [-0.15, -0.1) is 0 Å². The third-order valence-electron chi connectivity index (χ3n) is 3.76. The number of aliphatic carboxylic acids is 3. The van der Waals surface area contributed by atoms with E-state index in [0.29, 0.717) is 19.5 Å². The molecule has 0 radical (unpaired) electrons. The standard InChI is InChI=1S/C17H30N2O7.Na/c1-2-3-4-14(20)13-19(10-7-17(25)26)12-11-18(8-5-15(21)22)9-6-16(23)24;/h2-3,14,20H,4-13H2,1H3,(H,21,22)(H,23,24)(H,25,26);/q;+1/p-1/b3-2+;. The van der Waals surface area contributed by atoms with Crippen molar-refractivity contribution in [3.63, 3.8) is 0 Å². The van der Waals surface area contributed by atoms with E-state index in [9.17, 15) is 24.6 Å². The number of rotatable bonds is 16. The van der Waals surface area contributed by atoms with E-state index in [4.69, 9.17) is 10.2 Å². The van der Waals surface area contributed by atoms with E-state index in [1.54, 1.807) is 9.80 Å². The van der Waals surface area contributed by atoms with Crippen LogP contribution in [-0.2, 0) is 14.4 Å². The summed E-state index contributed by atoms with van der Waals surface area (Å²) in [5.74, 6) is -3.14. The van der Waals surface area contributed by atoms with Crippen LogP contribution in [0, 0.1) is 0 Å². The molecule has 0 heterocycles. The Labute approximate surface area is 181 Å². The normalized spacial score (nSPS) is 12.3. The first-order valence-electron chi connectivity index (χ1n) is 8.62. The van der Waals surface area contributed by atoms with Gasteiger partial charge >= 0.3 is 41.5 Å². The number of carbonyl (C=O) groups is 3. The third-order valence-corrected chi connectivity index (χ3v) is 3.76. The number of hydrogen-bond donors (Lipinski definition) is 3. The van der Waals surface area contributed by atoms with Gasteiger partial charge in [-0.05, 0) is 19.8 Å². The van der Waals surface area contributed by atoms with Crippen LogP contribution in [0.1, 0.15) is 32.6 Å². The van der Waals surface area contributed by atoms with Gasteiger partial charge in [0, 0.05) is 45.2 Å². The number of carboxylic acid groups (broad SMARTS) is 3. The fourth-order valence-electron chi connectivity index (χ4n) is 2.34. The minimum atomic E-state index is -1.21. The monoisotopic (exact) mass is 396 g/mol. The van der Waals surface area contributed by atoms with E-state index < -0.39 is 24.0 Å². The molecular formula is C17H29N2NaO7. The third kappa shape index (κ3) is 18.2. The molecule has 0 amide bonds. The van der Waals surface area contributed by atoms with E-state index in [1.807, 2.05) is 19.1 Å². The molecule has 0 spiro atoms. The second kappa shape index (κ2) is 17.2. The maximum absolute atomic E-state index is 10.8. The Morgan fingerprint density at radius 2 is 1.41 bits per heavy atom. The molecule has 0 fully saturated rings. The Morgan fingerprint density at radius 1 is 0.926 bits per heavy atom. The minimum absolute atomic E-state index is 0. The van der Waals surface area contributed by atoms with Gasteiger partial charge in [0.1, 0.15) is 0 Å². The number of carboxylic acids is 3. The molecule has 27 heavy (non-hydrogen) atoms.